The molecule has 132 valence electrons. The van der Waals surface area contributed by atoms with Crippen molar-refractivity contribution in [3.05, 3.63) is 35.6 Å². The third-order valence-electron chi connectivity index (χ3n) is 5.11. The van der Waals surface area contributed by atoms with Gasteiger partial charge in [0.15, 0.2) is 0 Å². The second-order valence-electron chi connectivity index (χ2n) is 6.92. The molecule has 1 N–H and O–H groups in total. The van der Waals surface area contributed by atoms with Crippen molar-refractivity contribution >= 4 is 15.9 Å². The largest absolute Gasteiger partial charge is 0.393 e. The number of carbonyl (C=O) groups excluding carboxylic acids is 1. The second-order valence-corrected chi connectivity index (χ2v) is 8.77. The summed E-state index contributed by atoms with van der Waals surface area (Å²) < 4.78 is 38.8. The van der Waals surface area contributed by atoms with Crippen LogP contribution in [0.2, 0.25) is 0 Å². The van der Waals surface area contributed by atoms with E-state index in [9.17, 15) is 22.7 Å². The number of nitrogens with zero attached hydrogens (tertiary/aromatic N) is 1. The molecule has 0 bridgehead atoms. The van der Waals surface area contributed by atoms with E-state index in [0.717, 1.165) is 10.6 Å². The number of rotatable bonds is 4. The molecule has 0 aromatic heterocycles. The first-order chi connectivity index (χ1) is 11.2. The van der Waals surface area contributed by atoms with Gasteiger partial charge in [-0.15, -0.1) is 0 Å². The van der Waals surface area contributed by atoms with Crippen LogP contribution in [0.25, 0.3) is 0 Å². The fraction of sp³-hybridized carbons (Fsp3) is 0.588. The van der Waals surface area contributed by atoms with E-state index >= 15 is 0 Å². The van der Waals surface area contributed by atoms with Crippen LogP contribution in [-0.2, 0) is 20.2 Å². The van der Waals surface area contributed by atoms with Crippen molar-refractivity contribution in [3.63, 3.8) is 0 Å². The number of hydrogen-bond acceptors (Lipinski definition) is 4. The third-order valence-corrected chi connectivity index (χ3v) is 6.29. The van der Waals surface area contributed by atoms with Crippen LogP contribution in [0.4, 0.5) is 4.39 Å². The molecule has 7 heteroatoms. The number of aliphatic hydroxyl groups excluding tert-OH is 1. The van der Waals surface area contributed by atoms with Crippen molar-refractivity contribution in [2.75, 3.05) is 6.26 Å². The number of amides is 1. The Balaban J connectivity index is 1.90. The molecule has 0 saturated heterocycles. The molecule has 1 aromatic rings. The summed E-state index contributed by atoms with van der Waals surface area (Å²) in [5, 5.41) is 9.64. The molecule has 0 spiro atoms. The number of aliphatic hydroxyl groups is 1. The van der Waals surface area contributed by atoms with Crippen LogP contribution in [0.3, 0.4) is 0 Å². The minimum Gasteiger partial charge on any atom is -0.393 e. The first kappa shape index (κ1) is 17.4. The van der Waals surface area contributed by atoms with E-state index in [2.05, 4.69) is 0 Å². The van der Waals surface area contributed by atoms with Gasteiger partial charge >= 0.3 is 0 Å². The minimum atomic E-state index is -3.71. The molecule has 2 aliphatic carbocycles. The lowest BCUT2D eigenvalue weighted by atomic mass is 9.90. The number of carbonyl (C=O) groups is 1. The summed E-state index contributed by atoms with van der Waals surface area (Å²) in [7, 11) is -3.71. The van der Waals surface area contributed by atoms with Crippen molar-refractivity contribution in [2.24, 2.45) is 0 Å². The molecule has 24 heavy (non-hydrogen) atoms. The van der Waals surface area contributed by atoms with E-state index in [-0.39, 0.29) is 5.82 Å². The standard InChI is InChI=1S/C17H22FNO4S/c1-24(22,23)19(14-6-8-15(20)9-7-14)16(21)17(10-11-17)12-2-4-13(18)5-3-12/h2-5,14-15,20H,6-11H2,1H3. The normalized spacial score (nSPS) is 26.0. The Morgan fingerprint density at radius 2 is 1.71 bits per heavy atom. The molecule has 2 saturated carbocycles. The Bertz CT molecular complexity index is 719. The second kappa shape index (κ2) is 6.11. The van der Waals surface area contributed by atoms with Gasteiger partial charge in [-0.3, -0.25) is 4.79 Å². The lowest BCUT2D eigenvalue weighted by molar-refractivity contribution is -0.131. The Hall–Kier alpha value is -1.47. The Kier molecular flexibility index (Phi) is 4.42. The third kappa shape index (κ3) is 3.19. The van der Waals surface area contributed by atoms with Gasteiger partial charge in [0.05, 0.1) is 17.8 Å². The number of halogens is 1. The summed E-state index contributed by atoms with van der Waals surface area (Å²) in [4.78, 5) is 13.1. The van der Waals surface area contributed by atoms with Gasteiger partial charge < -0.3 is 5.11 Å². The molecule has 3 rings (SSSR count). The maximum atomic E-state index is 13.2. The number of sulfonamides is 1. The predicted molar refractivity (Wildman–Crippen MR) is 87.3 cm³/mol. The molecule has 0 radical (unpaired) electrons. The summed E-state index contributed by atoms with van der Waals surface area (Å²) in [6.07, 6.45) is 3.69. The van der Waals surface area contributed by atoms with E-state index in [1.807, 2.05) is 0 Å². The zero-order valence-corrected chi connectivity index (χ0v) is 14.4. The van der Waals surface area contributed by atoms with Crippen LogP contribution >= 0.6 is 0 Å². The van der Waals surface area contributed by atoms with Crippen LogP contribution in [0.5, 0.6) is 0 Å². The molecule has 2 aliphatic rings. The van der Waals surface area contributed by atoms with E-state index in [1.165, 1.54) is 12.1 Å². The Labute approximate surface area is 141 Å². The highest BCUT2D eigenvalue weighted by atomic mass is 32.2. The minimum absolute atomic E-state index is 0.386. The van der Waals surface area contributed by atoms with E-state index in [0.29, 0.717) is 44.1 Å². The lowest BCUT2D eigenvalue weighted by Gasteiger charge is -2.36. The maximum Gasteiger partial charge on any atom is 0.246 e. The topological polar surface area (TPSA) is 74.7 Å². The summed E-state index contributed by atoms with van der Waals surface area (Å²) >= 11 is 0. The fourth-order valence-corrected chi connectivity index (χ4v) is 4.84. The quantitative estimate of drug-likeness (QED) is 0.896. The van der Waals surface area contributed by atoms with Crippen LogP contribution in [-0.4, -0.2) is 42.1 Å². The first-order valence-electron chi connectivity index (χ1n) is 8.22. The predicted octanol–water partition coefficient (Wildman–Crippen LogP) is 1.95. The van der Waals surface area contributed by atoms with Crippen LogP contribution < -0.4 is 0 Å². The SMILES string of the molecule is CS(=O)(=O)N(C(=O)C1(c2ccc(F)cc2)CC1)C1CCC(O)CC1. The first-order valence-corrected chi connectivity index (χ1v) is 10.1. The number of benzene rings is 1. The van der Waals surface area contributed by atoms with Crippen LogP contribution in [0.1, 0.15) is 44.1 Å². The average molecular weight is 355 g/mol. The molecular formula is C17H22FNO4S. The van der Waals surface area contributed by atoms with Crippen molar-refractivity contribution in [2.45, 2.75) is 56.1 Å². The summed E-state index contributed by atoms with van der Waals surface area (Å²) in [6, 6.07) is 5.31. The van der Waals surface area contributed by atoms with Crippen molar-refractivity contribution in [1.82, 2.24) is 4.31 Å². The molecule has 2 fully saturated rings. The molecule has 1 aromatic carbocycles. The fourth-order valence-electron chi connectivity index (χ4n) is 3.61. The average Bonchev–Trinajstić information content (AvgIpc) is 3.30. The van der Waals surface area contributed by atoms with Gasteiger partial charge in [-0.2, -0.15) is 0 Å². The van der Waals surface area contributed by atoms with Gasteiger partial charge in [0, 0.05) is 6.04 Å². The highest BCUT2D eigenvalue weighted by molar-refractivity contribution is 7.88. The Morgan fingerprint density at radius 1 is 1.17 bits per heavy atom. The molecular weight excluding hydrogens is 333 g/mol. The zero-order valence-electron chi connectivity index (χ0n) is 13.6. The highest BCUT2D eigenvalue weighted by Gasteiger charge is 2.55. The van der Waals surface area contributed by atoms with Crippen LogP contribution in [0.15, 0.2) is 24.3 Å². The smallest absolute Gasteiger partial charge is 0.246 e. The maximum absolute atomic E-state index is 13.2. The lowest BCUT2D eigenvalue weighted by Crippen LogP contribution is -2.50. The Morgan fingerprint density at radius 3 is 2.17 bits per heavy atom. The molecule has 0 heterocycles. The highest BCUT2D eigenvalue weighted by Crippen LogP contribution is 2.50. The van der Waals surface area contributed by atoms with Gasteiger partial charge in [0.2, 0.25) is 15.9 Å². The summed E-state index contributed by atoms with van der Waals surface area (Å²) in [6.45, 7) is 0. The van der Waals surface area contributed by atoms with Crippen molar-refractivity contribution in [1.29, 1.82) is 0 Å². The van der Waals surface area contributed by atoms with Gasteiger partial charge in [0.25, 0.3) is 0 Å². The summed E-state index contributed by atoms with van der Waals surface area (Å²) in [5.74, 6) is -0.804. The van der Waals surface area contributed by atoms with Gasteiger partial charge in [0.1, 0.15) is 5.82 Å². The zero-order chi connectivity index (χ0) is 17.5. The number of hydrogen-bond donors (Lipinski definition) is 1. The van der Waals surface area contributed by atoms with Gasteiger partial charge in [-0.05, 0) is 56.2 Å². The van der Waals surface area contributed by atoms with Crippen molar-refractivity contribution in [3.8, 4) is 0 Å². The van der Waals surface area contributed by atoms with Gasteiger partial charge in [-0.25, -0.2) is 17.1 Å². The molecule has 1 amide bonds. The molecule has 0 unspecified atom stereocenters. The summed E-state index contributed by atoms with van der Waals surface area (Å²) in [5.41, 5.74) is -0.189. The van der Waals surface area contributed by atoms with Crippen molar-refractivity contribution < 1.29 is 22.7 Å². The molecule has 5 nitrogen and oxygen atoms in total. The van der Waals surface area contributed by atoms with Crippen LogP contribution in [0, 0.1) is 5.82 Å². The van der Waals surface area contributed by atoms with E-state index < -0.39 is 33.5 Å². The van der Waals surface area contributed by atoms with Gasteiger partial charge in [-0.1, -0.05) is 12.1 Å². The van der Waals surface area contributed by atoms with E-state index in [4.69, 9.17) is 0 Å². The molecule has 0 atom stereocenters. The molecule has 0 aliphatic heterocycles. The monoisotopic (exact) mass is 355 g/mol. The van der Waals surface area contributed by atoms with E-state index in [1.54, 1.807) is 12.1 Å².